The van der Waals surface area contributed by atoms with Crippen molar-refractivity contribution in [3.63, 3.8) is 0 Å². The first kappa shape index (κ1) is 16.6. The van der Waals surface area contributed by atoms with Crippen molar-refractivity contribution in [3.05, 3.63) is 54.0 Å². The highest BCUT2D eigenvalue weighted by Gasteiger charge is 2.18. The van der Waals surface area contributed by atoms with Crippen LogP contribution in [0.25, 0.3) is 0 Å². The fourth-order valence-corrected chi connectivity index (χ4v) is 2.74. The molecule has 0 N–H and O–H groups in total. The Labute approximate surface area is 138 Å². The molecule has 1 aliphatic rings. The highest BCUT2D eigenvalue weighted by molar-refractivity contribution is 5.38. The van der Waals surface area contributed by atoms with E-state index < -0.39 is 12.6 Å². The third kappa shape index (κ3) is 4.38. The Morgan fingerprint density at radius 2 is 1.71 bits per heavy atom. The van der Waals surface area contributed by atoms with Crippen LogP contribution in [0.5, 0.6) is 5.75 Å². The van der Waals surface area contributed by atoms with Crippen LogP contribution in [0.3, 0.4) is 0 Å². The summed E-state index contributed by atoms with van der Waals surface area (Å²) in [7, 11) is 0. The molecule has 0 amide bonds. The molecule has 0 spiro atoms. The Bertz CT molecular complexity index is 658. The second-order valence-electron chi connectivity index (χ2n) is 5.60. The number of halogens is 3. The summed E-state index contributed by atoms with van der Waals surface area (Å²) < 4.78 is 41.8. The molecule has 0 atom stereocenters. The first-order valence-electron chi connectivity index (χ1n) is 7.74. The Balaban J connectivity index is 1.52. The molecule has 7 heteroatoms. The zero-order valence-electron chi connectivity index (χ0n) is 13.0. The van der Waals surface area contributed by atoms with Crippen molar-refractivity contribution in [1.29, 1.82) is 0 Å². The summed E-state index contributed by atoms with van der Waals surface area (Å²) in [6.07, 6.45) is 0. The van der Waals surface area contributed by atoms with E-state index in [4.69, 9.17) is 0 Å². The second-order valence-corrected chi connectivity index (χ2v) is 5.60. The van der Waals surface area contributed by atoms with Crippen molar-refractivity contribution in [2.75, 3.05) is 31.1 Å². The first-order chi connectivity index (χ1) is 11.6. The molecular formula is C17H18F3N3O. The second kappa shape index (κ2) is 7.53. The molecule has 3 rings (SSSR count). The number of nitrogens with zero attached hydrogens (tertiary/aromatic N) is 3. The van der Waals surface area contributed by atoms with Gasteiger partial charge in [-0.05, 0) is 29.8 Å². The van der Waals surface area contributed by atoms with Crippen LogP contribution in [-0.4, -0.2) is 42.7 Å². The van der Waals surface area contributed by atoms with Crippen LogP contribution >= 0.6 is 0 Å². The molecule has 0 aliphatic carbocycles. The van der Waals surface area contributed by atoms with Gasteiger partial charge in [0.05, 0.1) is 0 Å². The standard InChI is InChI=1S/C17H18F3N3O/c18-15-2-1-3-16(21-15)23-10-8-22(9-11-23)12-13-4-6-14(7-5-13)24-17(19)20/h1-7,17H,8-12H2. The Morgan fingerprint density at radius 1 is 1.00 bits per heavy atom. The summed E-state index contributed by atoms with van der Waals surface area (Å²) in [6, 6.07) is 11.5. The van der Waals surface area contributed by atoms with E-state index in [-0.39, 0.29) is 5.75 Å². The van der Waals surface area contributed by atoms with Crippen molar-refractivity contribution in [1.82, 2.24) is 9.88 Å². The van der Waals surface area contributed by atoms with Crippen LogP contribution in [0.1, 0.15) is 5.56 Å². The molecule has 1 aliphatic heterocycles. The van der Waals surface area contributed by atoms with Crippen LogP contribution < -0.4 is 9.64 Å². The fraction of sp³-hybridized carbons (Fsp3) is 0.353. The molecule has 0 bridgehead atoms. The fourth-order valence-electron chi connectivity index (χ4n) is 2.74. The summed E-state index contributed by atoms with van der Waals surface area (Å²) in [5, 5.41) is 0. The topological polar surface area (TPSA) is 28.6 Å². The molecule has 4 nitrogen and oxygen atoms in total. The molecule has 1 saturated heterocycles. The molecule has 2 aromatic rings. The first-order valence-corrected chi connectivity index (χ1v) is 7.74. The minimum atomic E-state index is -2.81. The summed E-state index contributed by atoms with van der Waals surface area (Å²) >= 11 is 0. The molecule has 1 aromatic carbocycles. The van der Waals surface area contributed by atoms with E-state index in [9.17, 15) is 13.2 Å². The van der Waals surface area contributed by atoms with Gasteiger partial charge < -0.3 is 9.64 Å². The van der Waals surface area contributed by atoms with Gasteiger partial charge in [0.1, 0.15) is 11.6 Å². The lowest BCUT2D eigenvalue weighted by atomic mass is 10.2. The smallest absolute Gasteiger partial charge is 0.387 e. The number of ether oxygens (including phenoxy) is 1. The van der Waals surface area contributed by atoms with Crippen molar-refractivity contribution in [2.45, 2.75) is 13.2 Å². The average molecular weight is 337 g/mol. The van der Waals surface area contributed by atoms with E-state index in [2.05, 4.69) is 19.5 Å². The number of rotatable bonds is 5. The van der Waals surface area contributed by atoms with Gasteiger partial charge in [-0.3, -0.25) is 4.90 Å². The van der Waals surface area contributed by atoms with E-state index in [1.54, 1.807) is 36.4 Å². The lowest BCUT2D eigenvalue weighted by molar-refractivity contribution is -0.0498. The van der Waals surface area contributed by atoms with Gasteiger partial charge in [0.2, 0.25) is 5.95 Å². The number of pyridine rings is 1. The SMILES string of the molecule is Fc1cccc(N2CCN(Cc3ccc(OC(F)F)cc3)CC2)n1. The predicted octanol–water partition coefficient (Wildman–Crippen LogP) is 3.14. The van der Waals surface area contributed by atoms with E-state index in [1.807, 2.05) is 0 Å². The molecule has 0 saturated carbocycles. The highest BCUT2D eigenvalue weighted by atomic mass is 19.3. The van der Waals surface area contributed by atoms with Gasteiger partial charge in [0.25, 0.3) is 0 Å². The molecule has 1 aromatic heterocycles. The zero-order valence-corrected chi connectivity index (χ0v) is 13.0. The maximum absolute atomic E-state index is 13.2. The Morgan fingerprint density at radius 3 is 2.33 bits per heavy atom. The largest absolute Gasteiger partial charge is 0.435 e. The molecule has 0 radical (unpaired) electrons. The number of hydrogen-bond donors (Lipinski definition) is 0. The van der Waals surface area contributed by atoms with E-state index >= 15 is 0 Å². The van der Waals surface area contributed by atoms with Gasteiger partial charge >= 0.3 is 6.61 Å². The van der Waals surface area contributed by atoms with Gasteiger partial charge in [0, 0.05) is 32.7 Å². The van der Waals surface area contributed by atoms with Crippen molar-refractivity contribution >= 4 is 5.82 Å². The normalized spacial score (nSPS) is 15.8. The van der Waals surface area contributed by atoms with E-state index in [0.717, 1.165) is 38.3 Å². The van der Waals surface area contributed by atoms with Gasteiger partial charge in [-0.25, -0.2) is 4.98 Å². The van der Waals surface area contributed by atoms with Crippen molar-refractivity contribution in [3.8, 4) is 5.75 Å². The lowest BCUT2D eigenvalue weighted by Crippen LogP contribution is -2.46. The van der Waals surface area contributed by atoms with Gasteiger partial charge in [-0.2, -0.15) is 13.2 Å². The maximum Gasteiger partial charge on any atom is 0.387 e. The summed E-state index contributed by atoms with van der Waals surface area (Å²) in [6.45, 7) is 1.12. The average Bonchev–Trinajstić information content (AvgIpc) is 2.57. The van der Waals surface area contributed by atoms with E-state index in [0.29, 0.717) is 5.82 Å². The third-order valence-corrected chi connectivity index (χ3v) is 3.95. The predicted molar refractivity (Wildman–Crippen MR) is 84.8 cm³/mol. The highest BCUT2D eigenvalue weighted by Crippen LogP contribution is 2.18. The minimum absolute atomic E-state index is 0.163. The molecule has 128 valence electrons. The summed E-state index contributed by atoms with van der Waals surface area (Å²) in [5.41, 5.74) is 1.04. The Hall–Kier alpha value is -2.28. The molecule has 2 heterocycles. The zero-order chi connectivity index (χ0) is 16.9. The summed E-state index contributed by atoms with van der Waals surface area (Å²) in [5.74, 6) is 0.347. The number of aromatic nitrogens is 1. The van der Waals surface area contributed by atoms with Crippen LogP contribution in [0.15, 0.2) is 42.5 Å². The monoisotopic (exact) mass is 337 g/mol. The third-order valence-electron chi connectivity index (χ3n) is 3.95. The molecule has 24 heavy (non-hydrogen) atoms. The summed E-state index contributed by atoms with van der Waals surface area (Å²) in [4.78, 5) is 8.22. The van der Waals surface area contributed by atoms with Crippen LogP contribution in [-0.2, 0) is 6.54 Å². The number of benzene rings is 1. The molecular weight excluding hydrogens is 319 g/mol. The van der Waals surface area contributed by atoms with Crippen LogP contribution in [0.4, 0.5) is 19.0 Å². The number of piperazine rings is 1. The maximum atomic E-state index is 13.2. The van der Waals surface area contributed by atoms with Crippen molar-refractivity contribution in [2.24, 2.45) is 0 Å². The number of alkyl halides is 2. The van der Waals surface area contributed by atoms with Crippen LogP contribution in [0, 0.1) is 5.95 Å². The minimum Gasteiger partial charge on any atom is -0.435 e. The molecule has 0 unspecified atom stereocenters. The van der Waals surface area contributed by atoms with Gasteiger partial charge in [-0.1, -0.05) is 18.2 Å². The molecule has 1 fully saturated rings. The van der Waals surface area contributed by atoms with Crippen molar-refractivity contribution < 1.29 is 17.9 Å². The number of anilines is 1. The van der Waals surface area contributed by atoms with E-state index in [1.165, 1.54) is 6.07 Å². The lowest BCUT2D eigenvalue weighted by Gasteiger charge is -2.35. The van der Waals surface area contributed by atoms with Gasteiger partial charge in [0.15, 0.2) is 0 Å². The van der Waals surface area contributed by atoms with Gasteiger partial charge in [-0.15, -0.1) is 0 Å². The number of hydrogen-bond acceptors (Lipinski definition) is 4. The quantitative estimate of drug-likeness (QED) is 0.784. The van der Waals surface area contributed by atoms with Crippen LogP contribution in [0.2, 0.25) is 0 Å². The Kier molecular flexibility index (Phi) is 5.20.